The summed E-state index contributed by atoms with van der Waals surface area (Å²) in [7, 11) is 0. The van der Waals surface area contributed by atoms with Crippen LogP contribution in [0.2, 0.25) is 0 Å². The molecule has 0 saturated heterocycles. The van der Waals surface area contributed by atoms with Crippen molar-refractivity contribution in [1.29, 1.82) is 0 Å². The van der Waals surface area contributed by atoms with E-state index in [-0.39, 0.29) is 0 Å². The van der Waals surface area contributed by atoms with Crippen LogP contribution in [0.15, 0.2) is 16.7 Å². The van der Waals surface area contributed by atoms with E-state index in [1.54, 1.807) is 6.20 Å². The maximum absolute atomic E-state index is 5.76. The number of nitrogens with zero attached hydrogens (tertiary/aromatic N) is 1. The molecule has 0 bridgehead atoms. The summed E-state index contributed by atoms with van der Waals surface area (Å²) in [6.45, 7) is 1.24. The Labute approximate surface area is 105 Å². The first-order chi connectivity index (χ1) is 7.79. The minimum absolute atomic E-state index is 0.465. The van der Waals surface area contributed by atoms with Gasteiger partial charge in [0.15, 0.2) is 0 Å². The molecule has 16 heavy (non-hydrogen) atoms. The van der Waals surface area contributed by atoms with Crippen molar-refractivity contribution < 1.29 is 4.74 Å². The van der Waals surface area contributed by atoms with Crippen LogP contribution in [0, 0.1) is 5.92 Å². The molecular formula is C12H17BrN2O. The predicted molar refractivity (Wildman–Crippen MR) is 67.3 cm³/mol. The summed E-state index contributed by atoms with van der Waals surface area (Å²) < 4.78 is 6.70. The topological polar surface area (TPSA) is 48.1 Å². The highest BCUT2D eigenvalue weighted by Crippen LogP contribution is 2.26. The van der Waals surface area contributed by atoms with E-state index in [0.29, 0.717) is 18.3 Å². The molecular weight excluding hydrogens is 268 g/mol. The van der Waals surface area contributed by atoms with Crippen molar-refractivity contribution in [2.24, 2.45) is 11.7 Å². The Bertz CT molecular complexity index is 351. The van der Waals surface area contributed by atoms with Crippen molar-refractivity contribution in [3.63, 3.8) is 0 Å². The molecule has 0 aliphatic heterocycles. The van der Waals surface area contributed by atoms with Crippen LogP contribution in [0.25, 0.3) is 0 Å². The largest absolute Gasteiger partial charge is 0.477 e. The number of ether oxygens (including phenoxy) is 1. The number of hydrogen-bond donors (Lipinski definition) is 1. The second kappa shape index (κ2) is 5.64. The van der Waals surface area contributed by atoms with E-state index < -0.39 is 0 Å². The van der Waals surface area contributed by atoms with Gasteiger partial charge in [-0.2, -0.15) is 0 Å². The van der Waals surface area contributed by atoms with Crippen LogP contribution in [0.1, 0.15) is 31.2 Å². The van der Waals surface area contributed by atoms with E-state index in [0.717, 1.165) is 16.6 Å². The molecule has 2 N–H and O–H groups in total. The third kappa shape index (κ3) is 2.95. The smallest absolute Gasteiger partial charge is 0.217 e. The van der Waals surface area contributed by atoms with Gasteiger partial charge in [0.25, 0.3) is 0 Å². The highest BCUT2D eigenvalue weighted by Gasteiger charge is 2.16. The van der Waals surface area contributed by atoms with Crippen LogP contribution in [-0.2, 0) is 6.54 Å². The van der Waals surface area contributed by atoms with Gasteiger partial charge in [-0.3, -0.25) is 0 Å². The molecule has 1 heterocycles. The fourth-order valence-electron chi connectivity index (χ4n) is 2.12. The number of hydrogen-bond acceptors (Lipinski definition) is 3. The number of aromatic nitrogens is 1. The number of nitrogens with two attached hydrogens (primary N) is 1. The van der Waals surface area contributed by atoms with Gasteiger partial charge in [0.1, 0.15) is 0 Å². The second-order valence-corrected chi connectivity index (χ2v) is 5.20. The molecule has 1 fully saturated rings. The van der Waals surface area contributed by atoms with Gasteiger partial charge in [-0.25, -0.2) is 4.98 Å². The molecule has 1 aromatic rings. The molecule has 1 aliphatic carbocycles. The highest BCUT2D eigenvalue weighted by atomic mass is 79.9. The van der Waals surface area contributed by atoms with Gasteiger partial charge in [-0.15, -0.1) is 0 Å². The number of halogens is 1. The van der Waals surface area contributed by atoms with E-state index in [1.807, 2.05) is 6.07 Å². The van der Waals surface area contributed by atoms with E-state index >= 15 is 0 Å². The molecule has 0 amide bonds. The lowest BCUT2D eigenvalue weighted by Gasteiger charge is -2.13. The van der Waals surface area contributed by atoms with Crippen molar-refractivity contribution in [2.45, 2.75) is 32.2 Å². The zero-order valence-corrected chi connectivity index (χ0v) is 10.9. The van der Waals surface area contributed by atoms with Gasteiger partial charge >= 0.3 is 0 Å². The lowest BCUT2D eigenvalue weighted by atomic mass is 10.1. The maximum atomic E-state index is 5.76. The van der Waals surface area contributed by atoms with E-state index in [1.165, 1.54) is 25.7 Å². The molecule has 3 nitrogen and oxygen atoms in total. The summed E-state index contributed by atoms with van der Waals surface area (Å²) in [5.41, 5.74) is 6.63. The van der Waals surface area contributed by atoms with Gasteiger partial charge in [0.2, 0.25) is 5.88 Å². The molecule has 0 aromatic carbocycles. The van der Waals surface area contributed by atoms with Gasteiger partial charge < -0.3 is 10.5 Å². The molecule has 2 rings (SSSR count). The first kappa shape index (κ1) is 11.9. The van der Waals surface area contributed by atoms with Gasteiger partial charge in [-0.05, 0) is 40.8 Å². The quantitative estimate of drug-likeness (QED) is 0.925. The third-order valence-electron chi connectivity index (χ3n) is 3.04. The number of pyridine rings is 1. The normalized spacial score (nSPS) is 16.6. The third-order valence-corrected chi connectivity index (χ3v) is 3.48. The minimum atomic E-state index is 0.465. The van der Waals surface area contributed by atoms with Crippen LogP contribution < -0.4 is 10.5 Å². The summed E-state index contributed by atoms with van der Waals surface area (Å²) in [6, 6.07) is 1.97. The lowest BCUT2D eigenvalue weighted by Crippen LogP contribution is -2.11. The Balaban J connectivity index is 1.97. The van der Waals surface area contributed by atoms with Gasteiger partial charge in [0, 0.05) is 22.8 Å². The average Bonchev–Trinajstić information content (AvgIpc) is 2.80. The van der Waals surface area contributed by atoms with Crippen LogP contribution in [0.4, 0.5) is 0 Å². The summed E-state index contributed by atoms with van der Waals surface area (Å²) in [5.74, 6) is 1.40. The van der Waals surface area contributed by atoms with Crippen LogP contribution in [0.3, 0.4) is 0 Å². The second-order valence-electron chi connectivity index (χ2n) is 4.28. The van der Waals surface area contributed by atoms with E-state index in [9.17, 15) is 0 Å². The van der Waals surface area contributed by atoms with Crippen LogP contribution >= 0.6 is 15.9 Å². The Morgan fingerprint density at radius 3 is 2.88 bits per heavy atom. The molecule has 0 atom stereocenters. The Kier molecular flexibility index (Phi) is 4.18. The van der Waals surface area contributed by atoms with Gasteiger partial charge in [-0.1, -0.05) is 12.8 Å². The van der Waals surface area contributed by atoms with Crippen molar-refractivity contribution in [1.82, 2.24) is 4.98 Å². The standard InChI is InChI=1S/C12H17BrN2O/c13-11-5-10(6-14)12(15-7-11)16-8-9-3-1-2-4-9/h5,7,9H,1-4,6,8,14H2. The molecule has 4 heteroatoms. The predicted octanol–water partition coefficient (Wildman–Crippen LogP) is 2.87. The lowest BCUT2D eigenvalue weighted by molar-refractivity contribution is 0.241. The average molecular weight is 285 g/mol. The van der Waals surface area contributed by atoms with Crippen LogP contribution in [0.5, 0.6) is 5.88 Å². The Hall–Kier alpha value is -0.610. The number of rotatable bonds is 4. The summed E-state index contributed by atoms with van der Waals surface area (Å²) in [5, 5.41) is 0. The Morgan fingerprint density at radius 2 is 2.19 bits per heavy atom. The summed E-state index contributed by atoms with van der Waals surface area (Å²) >= 11 is 3.38. The zero-order chi connectivity index (χ0) is 11.4. The first-order valence-electron chi connectivity index (χ1n) is 5.77. The molecule has 1 saturated carbocycles. The van der Waals surface area contributed by atoms with Crippen molar-refractivity contribution in [3.8, 4) is 5.88 Å². The molecule has 0 radical (unpaired) electrons. The van der Waals surface area contributed by atoms with Gasteiger partial charge in [0.05, 0.1) is 6.61 Å². The molecule has 0 spiro atoms. The fraction of sp³-hybridized carbons (Fsp3) is 0.583. The first-order valence-corrected chi connectivity index (χ1v) is 6.56. The molecule has 88 valence electrons. The minimum Gasteiger partial charge on any atom is -0.477 e. The van der Waals surface area contributed by atoms with Crippen molar-refractivity contribution in [2.75, 3.05) is 6.61 Å². The maximum Gasteiger partial charge on any atom is 0.217 e. The fourth-order valence-corrected chi connectivity index (χ4v) is 2.50. The zero-order valence-electron chi connectivity index (χ0n) is 9.29. The van der Waals surface area contributed by atoms with E-state index in [4.69, 9.17) is 10.5 Å². The van der Waals surface area contributed by atoms with E-state index in [2.05, 4.69) is 20.9 Å². The van der Waals surface area contributed by atoms with Crippen LogP contribution in [-0.4, -0.2) is 11.6 Å². The molecule has 1 aliphatic rings. The SMILES string of the molecule is NCc1cc(Br)cnc1OCC1CCCC1. The highest BCUT2D eigenvalue weighted by molar-refractivity contribution is 9.10. The monoisotopic (exact) mass is 284 g/mol. The Morgan fingerprint density at radius 1 is 1.44 bits per heavy atom. The summed E-state index contributed by atoms with van der Waals surface area (Å²) in [4.78, 5) is 4.26. The molecule has 0 unspecified atom stereocenters. The van der Waals surface area contributed by atoms with Crippen molar-refractivity contribution >= 4 is 15.9 Å². The van der Waals surface area contributed by atoms with Crippen molar-refractivity contribution in [3.05, 3.63) is 22.3 Å². The molecule has 1 aromatic heterocycles. The summed E-state index contributed by atoms with van der Waals surface area (Å²) in [6.07, 6.45) is 7.00.